The minimum Gasteiger partial charge on any atom is -0.497 e. The van der Waals surface area contributed by atoms with Crippen molar-refractivity contribution < 1.29 is 23.7 Å². The van der Waals surface area contributed by atoms with Crippen LogP contribution in [0.5, 0.6) is 28.9 Å². The summed E-state index contributed by atoms with van der Waals surface area (Å²) in [5.74, 6) is 2.39. The molecule has 0 saturated heterocycles. The van der Waals surface area contributed by atoms with E-state index in [9.17, 15) is 4.79 Å². The van der Waals surface area contributed by atoms with Crippen molar-refractivity contribution in [3.63, 3.8) is 0 Å². The average Bonchev–Trinajstić information content (AvgIpc) is 2.89. The molecule has 8 nitrogen and oxygen atoms in total. The smallest absolute Gasteiger partial charge is 0.255 e. The number of methoxy groups -OCH3 is 3. The molecule has 0 radical (unpaired) electrons. The Balaban J connectivity index is 1.44. The third-order valence-electron chi connectivity index (χ3n) is 5.02. The van der Waals surface area contributed by atoms with Gasteiger partial charge in [0, 0.05) is 23.3 Å². The van der Waals surface area contributed by atoms with Gasteiger partial charge in [0.1, 0.15) is 11.5 Å². The largest absolute Gasteiger partial charge is 0.497 e. The van der Waals surface area contributed by atoms with Gasteiger partial charge in [-0.3, -0.25) is 4.79 Å². The van der Waals surface area contributed by atoms with Crippen molar-refractivity contribution in [1.82, 2.24) is 10.2 Å². The number of para-hydroxylation sites is 2. The monoisotopic (exact) mass is 457 g/mol. The molecule has 34 heavy (non-hydrogen) atoms. The summed E-state index contributed by atoms with van der Waals surface area (Å²) in [4.78, 5) is 12.7. The highest BCUT2D eigenvalue weighted by atomic mass is 16.5. The molecule has 0 aliphatic carbocycles. The van der Waals surface area contributed by atoms with E-state index in [1.54, 1.807) is 68.8 Å². The van der Waals surface area contributed by atoms with Crippen molar-refractivity contribution in [3.8, 4) is 40.1 Å². The van der Waals surface area contributed by atoms with Crippen LogP contribution in [0, 0.1) is 0 Å². The standard InChI is InChI=1S/C26H23N3O5/c1-31-19-12-13-21(24(16-19)33-3)27-26(30)18-10-8-17(9-11-18)20-14-15-25(29-28-20)34-23-7-5-4-6-22(23)32-2/h4-16H,1-3H3,(H,27,30). The molecule has 1 aromatic heterocycles. The summed E-state index contributed by atoms with van der Waals surface area (Å²) in [5, 5.41) is 11.2. The van der Waals surface area contributed by atoms with E-state index in [4.69, 9.17) is 18.9 Å². The highest BCUT2D eigenvalue weighted by Gasteiger charge is 2.12. The topological polar surface area (TPSA) is 91.8 Å². The Bertz CT molecular complexity index is 1270. The summed E-state index contributed by atoms with van der Waals surface area (Å²) in [6.45, 7) is 0. The number of nitrogens with zero attached hydrogens (tertiary/aromatic N) is 2. The summed E-state index contributed by atoms with van der Waals surface area (Å²) in [6, 6.07) is 23.1. The fraction of sp³-hybridized carbons (Fsp3) is 0.115. The molecule has 3 aromatic carbocycles. The lowest BCUT2D eigenvalue weighted by molar-refractivity contribution is 0.102. The van der Waals surface area contributed by atoms with E-state index in [2.05, 4.69) is 15.5 Å². The van der Waals surface area contributed by atoms with E-state index in [1.807, 2.05) is 24.3 Å². The van der Waals surface area contributed by atoms with Crippen LogP contribution in [0.1, 0.15) is 10.4 Å². The zero-order chi connectivity index (χ0) is 23.9. The highest BCUT2D eigenvalue weighted by Crippen LogP contribution is 2.31. The number of carbonyl (C=O) groups excluding carboxylic acids is 1. The van der Waals surface area contributed by atoms with Crippen LogP contribution in [0.25, 0.3) is 11.3 Å². The molecule has 8 heteroatoms. The molecule has 4 rings (SSSR count). The molecule has 1 heterocycles. The van der Waals surface area contributed by atoms with Crippen molar-refractivity contribution in [2.75, 3.05) is 26.6 Å². The second-order valence-corrected chi connectivity index (χ2v) is 7.11. The van der Waals surface area contributed by atoms with Crippen molar-refractivity contribution in [2.45, 2.75) is 0 Å². The van der Waals surface area contributed by atoms with Crippen molar-refractivity contribution in [3.05, 3.63) is 84.4 Å². The van der Waals surface area contributed by atoms with Crippen LogP contribution in [-0.2, 0) is 0 Å². The Labute approximate surface area is 197 Å². The van der Waals surface area contributed by atoms with Crippen LogP contribution in [0.4, 0.5) is 5.69 Å². The van der Waals surface area contributed by atoms with Gasteiger partial charge in [-0.2, -0.15) is 0 Å². The van der Waals surface area contributed by atoms with Crippen molar-refractivity contribution in [2.24, 2.45) is 0 Å². The number of ether oxygens (including phenoxy) is 4. The Morgan fingerprint density at radius 3 is 2.12 bits per heavy atom. The molecule has 0 atom stereocenters. The third-order valence-corrected chi connectivity index (χ3v) is 5.02. The van der Waals surface area contributed by atoms with E-state index in [1.165, 1.54) is 7.11 Å². The summed E-state index contributed by atoms with van der Waals surface area (Å²) in [5.41, 5.74) is 2.51. The highest BCUT2D eigenvalue weighted by molar-refractivity contribution is 6.05. The van der Waals surface area contributed by atoms with E-state index in [-0.39, 0.29) is 5.91 Å². The summed E-state index contributed by atoms with van der Waals surface area (Å²) in [7, 11) is 4.68. The molecular formula is C26H23N3O5. The summed E-state index contributed by atoms with van der Waals surface area (Å²) >= 11 is 0. The fourth-order valence-electron chi connectivity index (χ4n) is 3.23. The number of carbonyl (C=O) groups is 1. The number of aromatic nitrogens is 2. The van der Waals surface area contributed by atoms with Gasteiger partial charge in [-0.1, -0.05) is 24.3 Å². The number of anilines is 1. The van der Waals surface area contributed by atoms with E-state index >= 15 is 0 Å². The number of amides is 1. The van der Waals surface area contributed by atoms with E-state index in [0.717, 1.165) is 5.56 Å². The minimum absolute atomic E-state index is 0.262. The number of rotatable bonds is 8. The van der Waals surface area contributed by atoms with Gasteiger partial charge in [-0.05, 0) is 42.5 Å². The van der Waals surface area contributed by atoms with Gasteiger partial charge < -0.3 is 24.3 Å². The van der Waals surface area contributed by atoms with Crippen LogP contribution in [0.3, 0.4) is 0 Å². The first-order valence-electron chi connectivity index (χ1n) is 10.4. The van der Waals surface area contributed by atoms with Gasteiger partial charge in [0.15, 0.2) is 11.5 Å². The molecule has 0 unspecified atom stereocenters. The molecule has 0 saturated carbocycles. The molecule has 0 spiro atoms. The van der Waals surface area contributed by atoms with Crippen molar-refractivity contribution in [1.29, 1.82) is 0 Å². The number of nitrogens with one attached hydrogen (secondary N) is 1. The maximum absolute atomic E-state index is 12.7. The lowest BCUT2D eigenvalue weighted by Crippen LogP contribution is -2.12. The molecule has 1 N–H and O–H groups in total. The van der Waals surface area contributed by atoms with Gasteiger partial charge in [0.2, 0.25) is 5.88 Å². The molecule has 0 aliphatic heterocycles. The minimum atomic E-state index is -0.262. The zero-order valence-corrected chi connectivity index (χ0v) is 18.9. The fourth-order valence-corrected chi connectivity index (χ4v) is 3.23. The van der Waals surface area contributed by atoms with Gasteiger partial charge in [0.25, 0.3) is 5.91 Å². The van der Waals surface area contributed by atoms with Crippen LogP contribution in [0.15, 0.2) is 78.9 Å². The Morgan fingerprint density at radius 1 is 0.735 bits per heavy atom. The van der Waals surface area contributed by atoms with Crippen LogP contribution in [0.2, 0.25) is 0 Å². The predicted molar refractivity (Wildman–Crippen MR) is 128 cm³/mol. The molecule has 1 amide bonds. The Kier molecular flexibility index (Phi) is 6.88. The second-order valence-electron chi connectivity index (χ2n) is 7.11. The van der Waals surface area contributed by atoms with E-state index in [0.29, 0.717) is 45.8 Å². The van der Waals surface area contributed by atoms with Gasteiger partial charge >= 0.3 is 0 Å². The van der Waals surface area contributed by atoms with Crippen LogP contribution in [-0.4, -0.2) is 37.4 Å². The van der Waals surface area contributed by atoms with E-state index < -0.39 is 0 Å². The lowest BCUT2D eigenvalue weighted by Gasteiger charge is -2.12. The third kappa shape index (κ3) is 5.07. The number of hydrogen-bond donors (Lipinski definition) is 1. The first-order chi connectivity index (χ1) is 16.6. The summed E-state index contributed by atoms with van der Waals surface area (Å²) < 4.78 is 21.6. The molecule has 0 bridgehead atoms. The quantitative estimate of drug-likeness (QED) is 0.388. The molecule has 4 aromatic rings. The van der Waals surface area contributed by atoms with Crippen molar-refractivity contribution >= 4 is 11.6 Å². The maximum Gasteiger partial charge on any atom is 0.255 e. The molecule has 0 aliphatic rings. The second kappa shape index (κ2) is 10.4. The number of hydrogen-bond acceptors (Lipinski definition) is 7. The SMILES string of the molecule is COc1ccc(NC(=O)c2ccc(-c3ccc(Oc4ccccc4OC)nn3)cc2)c(OC)c1. The normalized spacial score (nSPS) is 10.3. The summed E-state index contributed by atoms with van der Waals surface area (Å²) in [6.07, 6.45) is 0. The Morgan fingerprint density at radius 2 is 1.47 bits per heavy atom. The maximum atomic E-state index is 12.7. The predicted octanol–water partition coefficient (Wildman–Crippen LogP) is 5.21. The lowest BCUT2D eigenvalue weighted by atomic mass is 10.1. The average molecular weight is 457 g/mol. The first-order valence-corrected chi connectivity index (χ1v) is 10.4. The molecule has 172 valence electrons. The van der Waals surface area contributed by atoms with Gasteiger partial charge in [0.05, 0.1) is 32.7 Å². The number of benzene rings is 3. The zero-order valence-electron chi connectivity index (χ0n) is 18.9. The van der Waals surface area contributed by atoms with Gasteiger partial charge in [-0.25, -0.2) is 0 Å². The van der Waals surface area contributed by atoms with Crippen LogP contribution < -0.4 is 24.3 Å². The molecular weight excluding hydrogens is 434 g/mol. The van der Waals surface area contributed by atoms with Gasteiger partial charge in [-0.15, -0.1) is 10.2 Å². The van der Waals surface area contributed by atoms with Crippen LogP contribution >= 0.6 is 0 Å². The Hall–Kier alpha value is -4.59. The first kappa shape index (κ1) is 22.6. The molecule has 0 fully saturated rings.